The number of alkyl halides is 3. The molecule has 0 atom stereocenters. The predicted molar refractivity (Wildman–Crippen MR) is 118 cm³/mol. The topological polar surface area (TPSA) is 87.6 Å². The van der Waals surface area contributed by atoms with E-state index in [0.717, 1.165) is 6.07 Å². The number of hydrogen-bond donors (Lipinski definition) is 1. The highest BCUT2D eigenvalue weighted by Gasteiger charge is 2.48. The molecule has 1 N–H and O–H groups in total. The van der Waals surface area contributed by atoms with Crippen LogP contribution in [-0.4, -0.2) is 47.1 Å². The summed E-state index contributed by atoms with van der Waals surface area (Å²) in [6, 6.07) is 3.56. The maximum atomic E-state index is 13.2. The number of thiazole rings is 1. The minimum atomic E-state index is -5.54. The lowest BCUT2D eigenvalue weighted by atomic mass is 9.85. The van der Waals surface area contributed by atoms with Crippen molar-refractivity contribution in [1.82, 2.24) is 9.88 Å². The normalized spacial score (nSPS) is 19.8. The van der Waals surface area contributed by atoms with Crippen LogP contribution in [0.3, 0.4) is 0 Å². The number of hydrogen-bond acceptors (Lipinski definition) is 5. The Morgan fingerprint density at radius 3 is 2.41 bits per heavy atom. The van der Waals surface area contributed by atoms with Gasteiger partial charge in [0.05, 0.1) is 14.8 Å². The molecule has 12 heteroatoms. The van der Waals surface area contributed by atoms with Crippen LogP contribution in [-0.2, 0) is 9.84 Å². The smallest absolute Gasteiger partial charge is 0.465 e. The van der Waals surface area contributed by atoms with Gasteiger partial charge >= 0.3 is 11.6 Å². The predicted octanol–water partition coefficient (Wildman–Crippen LogP) is 6.28. The van der Waals surface area contributed by atoms with Gasteiger partial charge in [0.25, 0.3) is 9.84 Å². The molecule has 3 rings (SSSR count). The molecule has 176 valence electrons. The summed E-state index contributed by atoms with van der Waals surface area (Å²) in [5, 5.41) is 10.2. The fraction of sp³-hybridized carbons (Fsp3) is 0.500. The zero-order chi connectivity index (χ0) is 23.8. The zero-order valence-corrected chi connectivity index (χ0v) is 20.5. The van der Waals surface area contributed by atoms with Gasteiger partial charge in [-0.1, -0.05) is 22.0 Å². The number of amides is 1. The molecular formula is C20H22BrF3N2O4S2. The van der Waals surface area contributed by atoms with E-state index >= 15 is 0 Å². The summed E-state index contributed by atoms with van der Waals surface area (Å²) in [6.45, 7) is 3.66. The highest BCUT2D eigenvalue weighted by molar-refractivity contribution is 9.10. The molecule has 6 nitrogen and oxygen atoms in total. The lowest BCUT2D eigenvalue weighted by Gasteiger charge is -2.37. The summed E-state index contributed by atoms with van der Waals surface area (Å²) in [7, 11) is -5.54. The van der Waals surface area contributed by atoms with Crippen molar-refractivity contribution in [3.63, 3.8) is 0 Å². The van der Waals surface area contributed by atoms with E-state index in [1.807, 2.05) is 13.8 Å². The molecule has 0 spiro atoms. The van der Waals surface area contributed by atoms with Gasteiger partial charge in [-0.3, -0.25) is 0 Å². The molecule has 0 bridgehead atoms. The van der Waals surface area contributed by atoms with Gasteiger partial charge in [0.1, 0.15) is 0 Å². The van der Waals surface area contributed by atoms with Crippen LogP contribution in [0.15, 0.2) is 33.8 Å². The van der Waals surface area contributed by atoms with Crippen LogP contribution < -0.4 is 0 Å². The lowest BCUT2D eigenvalue weighted by Crippen LogP contribution is -2.45. The van der Waals surface area contributed by atoms with Gasteiger partial charge < -0.3 is 10.0 Å². The van der Waals surface area contributed by atoms with Crippen LogP contribution in [0.4, 0.5) is 18.0 Å². The van der Waals surface area contributed by atoms with Gasteiger partial charge in [0.2, 0.25) is 0 Å². The average Bonchev–Trinajstić information content (AvgIpc) is 3.17. The van der Waals surface area contributed by atoms with Gasteiger partial charge in [-0.15, -0.1) is 11.3 Å². The highest BCUT2D eigenvalue weighted by Crippen LogP contribution is 2.42. The largest absolute Gasteiger partial charge is 0.501 e. The Morgan fingerprint density at radius 2 is 1.88 bits per heavy atom. The molecule has 1 aliphatic rings. The first-order valence-electron chi connectivity index (χ1n) is 9.91. The first-order valence-corrected chi connectivity index (χ1v) is 13.0. The van der Waals surface area contributed by atoms with E-state index in [-0.39, 0.29) is 28.0 Å². The summed E-state index contributed by atoms with van der Waals surface area (Å²) in [6.07, 6.45) is 3.17. The molecule has 1 aromatic carbocycles. The molecule has 1 amide bonds. The molecule has 0 saturated heterocycles. The summed E-state index contributed by atoms with van der Waals surface area (Å²) in [5.41, 5.74) is -5.46. The molecule has 2 aromatic rings. The van der Waals surface area contributed by atoms with E-state index in [0.29, 0.717) is 35.6 Å². The standard InChI is InChI=1S/C20H22BrF3N2O4S2/c1-11(2)26(19(27)28)14-6-3-12(4-7-14)18-25-10-16(31-18)15-8-5-13(21)9-17(15)32(29,30)20(22,23)24/h5,8-12,14H,3-4,6-7H2,1-2H3,(H,27,28). The third kappa shape index (κ3) is 4.96. The van der Waals surface area contributed by atoms with Gasteiger partial charge in [-0.2, -0.15) is 13.2 Å². The fourth-order valence-corrected chi connectivity index (χ4v) is 6.75. The highest BCUT2D eigenvalue weighted by atomic mass is 79.9. The van der Waals surface area contributed by atoms with Crippen LogP contribution in [0.2, 0.25) is 0 Å². The van der Waals surface area contributed by atoms with Crippen molar-refractivity contribution in [2.24, 2.45) is 0 Å². The monoisotopic (exact) mass is 554 g/mol. The van der Waals surface area contributed by atoms with Gasteiger partial charge in [-0.25, -0.2) is 18.2 Å². The third-order valence-corrected chi connectivity index (χ3v) is 8.76. The van der Waals surface area contributed by atoms with Crippen molar-refractivity contribution in [1.29, 1.82) is 0 Å². The number of sulfone groups is 1. The average molecular weight is 555 g/mol. The van der Waals surface area contributed by atoms with Crippen molar-refractivity contribution >= 4 is 43.2 Å². The van der Waals surface area contributed by atoms with Gasteiger partial charge in [0.15, 0.2) is 0 Å². The summed E-state index contributed by atoms with van der Waals surface area (Å²) >= 11 is 4.22. The van der Waals surface area contributed by atoms with Crippen LogP contribution in [0.5, 0.6) is 0 Å². The second-order valence-corrected chi connectivity index (χ2v) is 11.8. The maximum Gasteiger partial charge on any atom is 0.501 e. The fourth-order valence-electron chi connectivity index (χ4n) is 4.05. The number of carbonyl (C=O) groups is 1. The molecule has 1 fully saturated rings. The van der Waals surface area contributed by atoms with Crippen LogP contribution in [0, 0.1) is 0 Å². The summed E-state index contributed by atoms with van der Waals surface area (Å²) in [5.74, 6) is 0.0472. The Hall–Kier alpha value is -1.66. The summed E-state index contributed by atoms with van der Waals surface area (Å²) < 4.78 is 64.0. The lowest BCUT2D eigenvalue weighted by molar-refractivity contribution is -0.0435. The zero-order valence-electron chi connectivity index (χ0n) is 17.3. The Bertz CT molecular complexity index is 1090. The molecule has 0 aliphatic heterocycles. The quantitative estimate of drug-likeness (QED) is 0.469. The Balaban J connectivity index is 1.85. The van der Waals surface area contributed by atoms with Crippen LogP contribution >= 0.6 is 27.3 Å². The van der Waals surface area contributed by atoms with Crippen molar-refractivity contribution in [3.8, 4) is 10.4 Å². The minimum Gasteiger partial charge on any atom is -0.465 e. The second-order valence-electron chi connectivity index (χ2n) is 7.94. The molecule has 1 saturated carbocycles. The van der Waals surface area contributed by atoms with E-state index in [1.54, 1.807) is 0 Å². The van der Waals surface area contributed by atoms with E-state index < -0.39 is 26.3 Å². The molecule has 0 radical (unpaired) electrons. The van der Waals surface area contributed by atoms with Crippen molar-refractivity contribution in [2.45, 2.75) is 67.9 Å². The number of aromatic nitrogens is 1. The SMILES string of the molecule is CC(C)N(C(=O)O)C1CCC(c2ncc(-c3ccc(Br)cc3S(=O)(=O)C(F)(F)F)s2)CC1. The molecular weight excluding hydrogens is 533 g/mol. The Kier molecular flexibility index (Phi) is 7.26. The number of nitrogens with zero attached hydrogens (tertiary/aromatic N) is 2. The van der Waals surface area contributed by atoms with Crippen molar-refractivity contribution in [3.05, 3.63) is 33.9 Å². The number of carboxylic acid groups (broad SMARTS) is 1. The molecule has 1 heterocycles. The Morgan fingerprint density at radius 1 is 1.25 bits per heavy atom. The number of rotatable bonds is 5. The van der Waals surface area contributed by atoms with E-state index in [2.05, 4.69) is 20.9 Å². The first kappa shape index (κ1) is 25.0. The van der Waals surface area contributed by atoms with E-state index in [1.165, 1.54) is 34.6 Å². The van der Waals surface area contributed by atoms with E-state index in [4.69, 9.17) is 0 Å². The van der Waals surface area contributed by atoms with Crippen molar-refractivity contribution < 1.29 is 31.5 Å². The number of halogens is 4. The molecule has 1 aliphatic carbocycles. The number of benzene rings is 1. The minimum absolute atomic E-state index is 0.0418. The molecule has 1 aromatic heterocycles. The van der Waals surface area contributed by atoms with E-state index in [9.17, 15) is 31.5 Å². The van der Waals surface area contributed by atoms with Crippen molar-refractivity contribution in [2.75, 3.05) is 0 Å². The Labute approximate surface area is 196 Å². The second kappa shape index (κ2) is 9.30. The first-order chi connectivity index (χ1) is 14.8. The third-order valence-electron chi connectivity index (χ3n) is 5.54. The molecule has 0 unspecified atom stereocenters. The van der Waals surface area contributed by atoms with Crippen LogP contribution in [0.25, 0.3) is 10.4 Å². The van der Waals surface area contributed by atoms with Gasteiger partial charge in [-0.05, 0) is 51.7 Å². The van der Waals surface area contributed by atoms with Gasteiger partial charge in [0, 0.05) is 34.2 Å². The van der Waals surface area contributed by atoms with Crippen LogP contribution in [0.1, 0.15) is 50.5 Å². The maximum absolute atomic E-state index is 13.2. The summed E-state index contributed by atoms with van der Waals surface area (Å²) in [4.78, 5) is 16.9. The molecule has 32 heavy (non-hydrogen) atoms.